The standard InChI is InChI=1S/C16H24N2O2/c1-12-10-17-15(18-11-12)14(19)13-5-8-20-16(9-13)6-3-2-4-7-16/h10-11,13-14,19H,2-9H2,1H3. The van der Waals surface area contributed by atoms with Gasteiger partial charge in [0.05, 0.1) is 5.60 Å². The molecule has 2 fully saturated rings. The molecule has 20 heavy (non-hydrogen) atoms. The van der Waals surface area contributed by atoms with Gasteiger partial charge in [0.25, 0.3) is 0 Å². The molecule has 1 N–H and O–H groups in total. The Balaban J connectivity index is 1.71. The molecule has 110 valence electrons. The van der Waals surface area contributed by atoms with Gasteiger partial charge in [0.1, 0.15) is 6.10 Å². The number of rotatable bonds is 2. The average molecular weight is 276 g/mol. The average Bonchev–Trinajstić information content (AvgIpc) is 2.48. The predicted octanol–water partition coefficient (Wildman–Crippen LogP) is 2.95. The lowest BCUT2D eigenvalue weighted by Gasteiger charge is -2.44. The first-order valence-electron chi connectivity index (χ1n) is 7.79. The van der Waals surface area contributed by atoms with E-state index in [0.717, 1.165) is 37.9 Å². The summed E-state index contributed by atoms with van der Waals surface area (Å²) >= 11 is 0. The van der Waals surface area contributed by atoms with Gasteiger partial charge in [0, 0.05) is 19.0 Å². The van der Waals surface area contributed by atoms with Gasteiger partial charge in [-0.25, -0.2) is 9.97 Å². The Morgan fingerprint density at radius 3 is 2.65 bits per heavy atom. The van der Waals surface area contributed by atoms with Crippen molar-refractivity contribution >= 4 is 0 Å². The number of aryl methyl sites for hydroxylation is 1. The van der Waals surface area contributed by atoms with E-state index in [-0.39, 0.29) is 11.5 Å². The van der Waals surface area contributed by atoms with Gasteiger partial charge in [0.15, 0.2) is 5.82 Å². The van der Waals surface area contributed by atoms with Crippen molar-refractivity contribution in [2.45, 2.75) is 63.6 Å². The van der Waals surface area contributed by atoms with Crippen molar-refractivity contribution in [3.8, 4) is 0 Å². The van der Waals surface area contributed by atoms with E-state index in [0.29, 0.717) is 5.82 Å². The lowest BCUT2D eigenvalue weighted by Crippen LogP contribution is -2.43. The lowest BCUT2D eigenvalue weighted by molar-refractivity contribution is -0.134. The SMILES string of the molecule is Cc1cnc(C(O)C2CCOC3(CCCCC3)C2)nc1. The zero-order chi connectivity index (χ0) is 14.0. The normalized spacial score (nSPS) is 27.4. The molecule has 1 aliphatic carbocycles. The smallest absolute Gasteiger partial charge is 0.157 e. The van der Waals surface area contributed by atoms with Crippen molar-refractivity contribution in [3.63, 3.8) is 0 Å². The zero-order valence-corrected chi connectivity index (χ0v) is 12.2. The van der Waals surface area contributed by atoms with Crippen LogP contribution in [0.1, 0.15) is 62.4 Å². The van der Waals surface area contributed by atoms with Crippen LogP contribution in [0.4, 0.5) is 0 Å². The third kappa shape index (κ3) is 2.86. The van der Waals surface area contributed by atoms with E-state index < -0.39 is 6.10 Å². The molecule has 0 aromatic carbocycles. The summed E-state index contributed by atoms with van der Waals surface area (Å²) in [7, 11) is 0. The van der Waals surface area contributed by atoms with Gasteiger partial charge in [0.2, 0.25) is 0 Å². The van der Waals surface area contributed by atoms with E-state index in [1.54, 1.807) is 12.4 Å². The van der Waals surface area contributed by atoms with Crippen LogP contribution in [0.3, 0.4) is 0 Å². The molecule has 2 aliphatic rings. The van der Waals surface area contributed by atoms with Crippen LogP contribution in [0.15, 0.2) is 12.4 Å². The van der Waals surface area contributed by atoms with Crippen molar-refractivity contribution in [3.05, 3.63) is 23.8 Å². The van der Waals surface area contributed by atoms with E-state index in [1.165, 1.54) is 19.3 Å². The van der Waals surface area contributed by atoms with E-state index in [4.69, 9.17) is 4.74 Å². The summed E-state index contributed by atoms with van der Waals surface area (Å²) in [6.07, 6.45) is 11.0. The third-order valence-corrected chi connectivity index (χ3v) is 4.81. The number of aliphatic hydroxyl groups is 1. The molecule has 3 rings (SSSR count). The first-order chi connectivity index (χ1) is 9.69. The number of hydrogen-bond acceptors (Lipinski definition) is 4. The second kappa shape index (κ2) is 5.78. The molecule has 0 amide bonds. The summed E-state index contributed by atoms with van der Waals surface area (Å²) in [4.78, 5) is 8.57. The lowest BCUT2D eigenvalue weighted by atomic mass is 9.74. The second-order valence-corrected chi connectivity index (χ2v) is 6.41. The van der Waals surface area contributed by atoms with Crippen LogP contribution in [0.25, 0.3) is 0 Å². The van der Waals surface area contributed by atoms with Crippen LogP contribution in [-0.2, 0) is 4.74 Å². The molecule has 4 heteroatoms. The molecular formula is C16H24N2O2. The first-order valence-corrected chi connectivity index (χ1v) is 7.79. The van der Waals surface area contributed by atoms with E-state index >= 15 is 0 Å². The fourth-order valence-corrected chi connectivity index (χ4v) is 3.65. The molecule has 4 nitrogen and oxygen atoms in total. The largest absolute Gasteiger partial charge is 0.385 e. The van der Waals surface area contributed by atoms with Crippen LogP contribution in [0, 0.1) is 12.8 Å². The monoisotopic (exact) mass is 276 g/mol. The quantitative estimate of drug-likeness (QED) is 0.902. The van der Waals surface area contributed by atoms with Crippen LogP contribution >= 0.6 is 0 Å². The maximum absolute atomic E-state index is 10.6. The summed E-state index contributed by atoms with van der Waals surface area (Å²) in [5.74, 6) is 0.790. The van der Waals surface area contributed by atoms with Crippen molar-refractivity contribution in [2.75, 3.05) is 6.61 Å². The van der Waals surface area contributed by atoms with Gasteiger partial charge >= 0.3 is 0 Å². The van der Waals surface area contributed by atoms with Crippen molar-refractivity contribution < 1.29 is 9.84 Å². The molecule has 1 spiro atoms. The Bertz CT molecular complexity index is 435. The van der Waals surface area contributed by atoms with Gasteiger partial charge < -0.3 is 9.84 Å². The first kappa shape index (κ1) is 14.0. The highest BCUT2D eigenvalue weighted by atomic mass is 16.5. The molecule has 0 radical (unpaired) electrons. The van der Waals surface area contributed by atoms with Gasteiger partial charge in [-0.1, -0.05) is 19.3 Å². The highest BCUT2D eigenvalue weighted by Gasteiger charge is 2.41. The van der Waals surface area contributed by atoms with Crippen LogP contribution in [0.2, 0.25) is 0 Å². The maximum Gasteiger partial charge on any atom is 0.157 e. The summed E-state index contributed by atoms with van der Waals surface area (Å²) in [5, 5.41) is 10.6. The van der Waals surface area contributed by atoms with E-state index in [2.05, 4.69) is 9.97 Å². The summed E-state index contributed by atoms with van der Waals surface area (Å²) < 4.78 is 6.09. The Labute approximate surface area is 120 Å². The second-order valence-electron chi connectivity index (χ2n) is 6.41. The van der Waals surface area contributed by atoms with E-state index in [1.807, 2.05) is 6.92 Å². The fourth-order valence-electron chi connectivity index (χ4n) is 3.65. The molecule has 1 aliphatic heterocycles. The van der Waals surface area contributed by atoms with Gasteiger partial charge in [-0.15, -0.1) is 0 Å². The summed E-state index contributed by atoms with van der Waals surface area (Å²) in [6, 6.07) is 0. The molecule has 0 bridgehead atoms. The van der Waals surface area contributed by atoms with Crippen LogP contribution in [-0.4, -0.2) is 27.3 Å². The molecule has 1 aromatic heterocycles. The molecule has 1 saturated heterocycles. The molecule has 2 unspecified atom stereocenters. The maximum atomic E-state index is 10.6. The Hall–Kier alpha value is -1.00. The van der Waals surface area contributed by atoms with Gasteiger partial charge in [-0.3, -0.25) is 0 Å². The Morgan fingerprint density at radius 1 is 1.25 bits per heavy atom. The number of nitrogens with zero attached hydrogens (tertiary/aromatic N) is 2. The summed E-state index contributed by atoms with van der Waals surface area (Å²) in [6.45, 7) is 2.72. The minimum atomic E-state index is -0.557. The molecule has 2 atom stereocenters. The fraction of sp³-hybridized carbons (Fsp3) is 0.750. The number of hydrogen-bond donors (Lipinski definition) is 1. The molecular weight excluding hydrogens is 252 g/mol. The number of ether oxygens (including phenoxy) is 1. The highest BCUT2D eigenvalue weighted by molar-refractivity contribution is 5.05. The minimum absolute atomic E-state index is 0.0207. The van der Waals surface area contributed by atoms with Crippen molar-refractivity contribution in [1.82, 2.24) is 9.97 Å². The Morgan fingerprint density at radius 2 is 1.95 bits per heavy atom. The Kier molecular flexibility index (Phi) is 4.03. The topological polar surface area (TPSA) is 55.2 Å². The van der Waals surface area contributed by atoms with E-state index in [9.17, 15) is 5.11 Å². The number of aromatic nitrogens is 2. The third-order valence-electron chi connectivity index (χ3n) is 4.81. The molecule has 1 saturated carbocycles. The van der Waals surface area contributed by atoms with Crippen LogP contribution in [0.5, 0.6) is 0 Å². The summed E-state index contributed by atoms with van der Waals surface area (Å²) in [5.41, 5.74) is 1.05. The highest BCUT2D eigenvalue weighted by Crippen LogP contribution is 2.43. The van der Waals surface area contributed by atoms with Gasteiger partial charge in [-0.2, -0.15) is 0 Å². The van der Waals surface area contributed by atoms with Crippen LogP contribution < -0.4 is 0 Å². The molecule has 1 aromatic rings. The van der Waals surface area contributed by atoms with Crippen molar-refractivity contribution in [1.29, 1.82) is 0 Å². The minimum Gasteiger partial charge on any atom is -0.385 e. The van der Waals surface area contributed by atoms with Gasteiger partial charge in [-0.05, 0) is 44.1 Å². The predicted molar refractivity (Wildman–Crippen MR) is 76.2 cm³/mol. The number of aliphatic hydroxyl groups excluding tert-OH is 1. The van der Waals surface area contributed by atoms with Crippen molar-refractivity contribution in [2.24, 2.45) is 5.92 Å². The zero-order valence-electron chi connectivity index (χ0n) is 12.2. The molecule has 2 heterocycles.